The Bertz CT molecular complexity index is 1700. The Morgan fingerprint density at radius 3 is 2.41 bits per heavy atom. The number of H-pyrrole nitrogens is 1. The van der Waals surface area contributed by atoms with Crippen LogP contribution in [-0.2, 0) is 18.4 Å². The number of nitrogens with one attached hydrogen (secondary N) is 1. The molecular weight excluding hydrogens is 479 g/mol. The average molecular weight is 506 g/mol. The van der Waals surface area contributed by atoms with Crippen LogP contribution in [0.4, 0.5) is 13.2 Å². The monoisotopic (exact) mass is 505 g/mol. The van der Waals surface area contributed by atoms with Crippen LogP contribution < -0.4 is 5.69 Å². The van der Waals surface area contributed by atoms with Gasteiger partial charge in [0.05, 0.1) is 22.6 Å². The van der Waals surface area contributed by atoms with Crippen LogP contribution in [-0.4, -0.2) is 24.1 Å². The molecule has 0 radical (unpaired) electrons. The van der Waals surface area contributed by atoms with E-state index in [1.165, 1.54) is 15.2 Å². The van der Waals surface area contributed by atoms with Gasteiger partial charge in [0.25, 0.3) is 5.92 Å². The number of pyridine rings is 2. The van der Waals surface area contributed by atoms with Crippen LogP contribution >= 0.6 is 0 Å². The minimum Gasteiger partial charge on any atom is -0.343 e. The van der Waals surface area contributed by atoms with Crippen molar-refractivity contribution in [1.29, 1.82) is 0 Å². The maximum absolute atomic E-state index is 14.1. The normalized spacial score (nSPS) is 12.4. The van der Waals surface area contributed by atoms with E-state index in [2.05, 4.69) is 41.8 Å². The van der Waals surface area contributed by atoms with Crippen molar-refractivity contribution in [3.05, 3.63) is 88.6 Å². The summed E-state index contributed by atoms with van der Waals surface area (Å²) in [4.78, 5) is 25.4. The number of aryl methyl sites for hydroxylation is 1. The Labute approximate surface area is 211 Å². The summed E-state index contributed by atoms with van der Waals surface area (Å²) in [5.41, 5.74) is 3.20. The van der Waals surface area contributed by atoms with E-state index in [4.69, 9.17) is 0 Å². The fourth-order valence-electron chi connectivity index (χ4n) is 4.30. The molecule has 0 aliphatic heterocycles. The van der Waals surface area contributed by atoms with Crippen molar-refractivity contribution >= 4 is 11.0 Å². The molecule has 6 nitrogen and oxygen atoms in total. The molecule has 37 heavy (non-hydrogen) atoms. The number of fused-ring (bicyclic) bond motifs is 1. The predicted molar refractivity (Wildman–Crippen MR) is 138 cm³/mol. The lowest BCUT2D eigenvalue weighted by Crippen LogP contribution is -2.22. The van der Waals surface area contributed by atoms with E-state index in [0.29, 0.717) is 18.3 Å². The number of halogens is 3. The molecule has 0 amide bonds. The van der Waals surface area contributed by atoms with Gasteiger partial charge < -0.3 is 9.55 Å². The van der Waals surface area contributed by atoms with E-state index in [-0.39, 0.29) is 11.1 Å². The van der Waals surface area contributed by atoms with Gasteiger partial charge in [-0.2, -0.15) is 0 Å². The molecule has 0 aliphatic carbocycles. The second-order valence-electron chi connectivity index (χ2n) is 10.3. The van der Waals surface area contributed by atoms with Gasteiger partial charge in [0.1, 0.15) is 11.5 Å². The van der Waals surface area contributed by atoms with E-state index in [1.807, 2.05) is 18.2 Å². The molecule has 0 spiro atoms. The summed E-state index contributed by atoms with van der Waals surface area (Å²) in [6, 6.07) is 11.0. The van der Waals surface area contributed by atoms with Crippen molar-refractivity contribution < 1.29 is 13.2 Å². The van der Waals surface area contributed by atoms with Crippen LogP contribution in [0.25, 0.3) is 39.2 Å². The van der Waals surface area contributed by atoms with Gasteiger partial charge in [-0.1, -0.05) is 20.8 Å². The largest absolute Gasteiger partial charge is 0.343 e. The second kappa shape index (κ2) is 8.47. The number of alkyl halides is 2. The summed E-state index contributed by atoms with van der Waals surface area (Å²) in [7, 11) is 1.56. The van der Waals surface area contributed by atoms with Gasteiger partial charge in [-0.05, 0) is 48.0 Å². The molecule has 0 atom stereocenters. The third kappa shape index (κ3) is 4.45. The van der Waals surface area contributed by atoms with Crippen molar-refractivity contribution in [2.24, 2.45) is 7.05 Å². The zero-order valence-corrected chi connectivity index (χ0v) is 21.1. The van der Waals surface area contributed by atoms with Gasteiger partial charge >= 0.3 is 5.69 Å². The number of hydrogen-bond donors (Lipinski definition) is 1. The lowest BCUT2D eigenvalue weighted by Gasteiger charge is -2.15. The number of benzene rings is 1. The van der Waals surface area contributed by atoms with Crippen LogP contribution in [0.5, 0.6) is 0 Å². The molecule has 0 aliphatic rings. The SMILES string of the molecule is Cn1cc(-c2cc(-c3cnc4[nH]c(C(C)(C)C)cc4c3)ccn2)n(-c2ccc(F)c(C(C)(F)F)c2)c1=O. The first-order valence-electron chi connectivity index (χ1n) is 11.8. The summed E-state index contributed by atoms with van der Waals surface area (Å²) in [6.07, 6.45) is 4.95. The predicted octanol–water partition coefficient (Wildman–Crippen LogP) is 6.33. The first-order chi connectivity index (χ1) is 17.3. The molecule has 4 aromatic heterocycles. The molecule has 5 rings (SSSR count). The van der Waals surface area contributed by atoms with E-state index in [1.54, 1.807) is 25.6 Å². The molecular formula is C28H26F3N5O. The Morgan fingerprint density at radius 2 is 1.70 bits per heavy atom. The highest BCUT2D eigenvalue weighted by Gasteiger charge is 2.29. The third-order valence-electron chi connectivity index (χ3n) is 6.36. The van der Waals surface area contributed by atoms with Crippen LogP contribution in [0.15, 0.2) is 65.8 Å². The summed E-state index contributed by atoms with van der Waals surface area (Å²) in [5, 5.41) is 0.969. The first-order valence-corrected chi connectivity index (χ1v) is 11.8. The van der Waals surface area contributed by atoms with E-state index in [0.717, 1.165) is 40.0 Å². The average Bonchev–Trinajstić information content (AvgIpc) is 3.40. The second-order valence-corrected chi connectivity index (χ2v) is 10.3. The number of aromatic nitrogens is 5. The molecule has 0 bridgehead atoms. The van der Waals surface area contributed by atoms with Crippen LogP contribution in [0.1, 0.15) is 39.0 Å². The molecule has 0 fully saturated rings. The highest BCUT2D eigenvalue weighted by atomic mass is 19.3. The van der Waals surface area contributed by atoms with Gasteiger partial charge in [0.2, 0.25) is 0 Å². The van der Waals surface area contributed by atoms with E-state index < -0.39 is 23.0 Å². The molecule has 9 heteroatoms. The molecule has 4 heterocycles. The van der Waals surface area contributed by atoms with Gasteiger partial charge in [0, 0.05) is 54.6 Å². The smallest absolute Gasteiger partial charge is 0.333 e. The molecule has 1 N–H and O–H groups in total. The molecule has 5 aromatic rings. The van der Waals surface area contributed by atoms with Gasteiger partial charge in [-0.15, -0.1) is 0 Å². The Balaban J connectivity index is 1.62. The van der Waals surface area contributed by atoms with Crippen LogP contribution in [0, 0.1) is 5.82 Å². The topological polar surface area (TPSA) is 68.5 Å². The Hall–Kier alpha value is -4.14. The summed E-state index contributed by atoms with van der Waals surface area (Å²) >= 11 is 0. The highest BCUT2D eigenvalue weighted by Crippen LogP contribution is 2.33. The molecule has 0 unspecified atom stereocenters. The van der Waals surface area contributed by atoms with E-state index >= 15 is 0 Å². The standard InChI is InChI=1S/C28H26F3N5O/c1-27(2,3)24-12-17-10-18(14-33-25(17)34-24)16-8-9-32-22(11-16)23-15-35(5)26(37)36(23)19-6-7-21(29)20(13-19)28(4,30)31/h6-15H,1-5H3,(H,33,34). The zero-order valence-electron chi connectivity index (χ0n) is 21.1. The van der Waals surface area contributed by atoms with Crippen molar-refractivity contribution in [1.82, 2.24) is 24.1 Å². The van der Waals surface area contributed by atoms with Crippen molar-refractivity contribution in [2.75, 3.05) is 0 Å². The lowest BCUT2D eigenvalue weighted by atomic mass is 9.92. The third-order valence-corrected chi connectivity index (χ3v) is 6.36. The van der Waals surface area contributed by atoms with Crippen molar-refractivity contribution in [3.63, 3.8) is 0 Å². The molecule has 0 saturated heterocycles. The van der Waals surface area contributed by atoms with E-state index in [9.17, 15) is 18.0 Å². The number of rotatable bonds is 4. The number of hydrogen-bond acceptors (Lipinski definition) is 3. The van der Waals surface area contributed by atoms with Crippen molar-refractivity contribution in [3.8, 4) is 28.2 Å². The number of nitrogens with zero attached hydrogens (tertiary/aromatic N) is 4. The maximum Gasteiger partial charge on any atom is 0.333 e. The van der Waals surface area contributed by atoms with Gasteiger partial charge in [-0.25, -0.2) is 22.9 Å². The zero-order chi connectivity index (χ0) is 26.7. The Morgan fingerprint density at radius 1 is 0.946 bits per heavy atom. The quantitative estimate of drug-likeness (QED) is 0.310. The van der Waals surface area contributed by atoms with Crippen molar-refractivity contribution in [2.45, 2.75) is 39.0 Å². The minimum atomic E-state index is -3.41. The Kier molecular flexibility index (Phi) is 5.62. The summed E-state index contributed by atoms with van der Waals surface area (Å²) < 4.78 is 44.7. The van der Waals surface area contributed by atoms with Gasteiger partial charge in [-0.3, -0.25) is 9.55 Å². The fraction of sp³-hybridized carbons (Fsp3) is 0.250. The summed E-state index contributed by atoms with van der Waals surface area (Å²) in [6.45, 7) is 6.99. The highest BCUT2D eigenvalue weighted by molar-refractivity contribution is 5.83. The molecule has 190 valence electrons. The summed E-state index contributed by atoms with van der Waals surface area (Å²) in [5.74, 6) is -4.45. The number of imidazole rings is 1. The van der Waals surface area contributed by atoms with Crippen LogP contribution in [0.3, 0.4) is 0 Å². The lowest BCUT2D eigenvalue weighted by molar-refractivity contribution is 0.0137. The van der Waals surface area contributed by atoms with Gasteiger partial charge in [0.15, 0.2) is 0 Å². The molecule has 1 aromatic carbocycles. The molecule has 0 saturated carbocycles. The van der Waals surface area contributed by atoms with Crippen LogP contribution in [0.2, 0.25) is 0 Å². The first kappa shape index (κ1) is 24.5. The maximum atomic E-state index is 14.1. The minimum absolute atomic E-state index is 0.0520. The number of aromatic amines is 1. The fourth-order valence-corrected chi connectivity index (χ4v) is 4.30.